The smallest absolute Gasteiger partial charge is 0.257 e. The zero-order valence-corrected chi connectivity index (χ0v) is 17.8. The minimum absolute atomic E-state index is 0.148. The van der Waals surface area contributed by atoms with Gasteiger partial charge in [0.15, 0.2) is 0 Å². The van der Waals surface area contributed by atoms with Crippen molar-refractivity contribution in [2.45, 2.75) is 6.92 Å². The summed E-state index contributed by atoms with van der Waals surface area (Å²) in [6.45, 7) is 1.68. The molecule has 3 aromatic rings. The standard InChI is InChI=1S/C21H17BrClN3O3/c1-13-4-9-18(17(23)11-13)26-19(27)12-25-20(28)16-3-2-10-24-21(16)29-15-7-5-14(22)6-8-15/h2-11H,12H2,1H3,(H,25,28)(H,26,27). The molecular weight excluding hydrogens is 458 g/mol. The van der Waals surface area contributed by atoms with Crippen molar-refractivity contribution in [1.29, 1.82) is 0 Å². The highest BCUT2D eigenvalue weighted by Gasteiger charge is 2.16. The third-order valence-corrected chi connectivity index (χ3v) is 4.69. The van der Waals surface area contributed by atoms with E-state index in [1.54, 1.807) is 36.4 Å². The molecule has 2 amide bonds. The number of amides is 2. The zero-order valence-electron chi connectivity index (χ0n) is 15.4. The number of anilines is 1. The van der Waals surface area contributed by atoms with Crippen molar-refractivity contribution >= 4 is 45.0 Å². The highest BCUT2D eigenvalue weighted by atomic mass is 79.9. The van der Waals surface area contributed by atoms with Gasteiger partial charge in [0.1, 0.15) is 11.3 Å². The van der Waals surface area contributed by atoms with E-state index in [-0.39, 0.29) is 18.0 Å². The number of pyridine rings is 1. The maximum absolute atomic E-state index is 12.5. The van der Waals surface area contributed by atoms with Crippen LogP contribution in [0.2, 0.25) is 5.02 Å². The maximum Gasteiger partial charge on any atom is 0.257 e. The monoisotopic (exact) mass is 473 g/mol. The predicted octanol–water partition coefficient (Wildman–Crippen LogP) is 4.97. The van der Waals surface area contributed by atoms with E-state index >= 15 is 0 Å². The summed E-state index contributed by atoms with van der Waals surface area (Å²) in [5.41, 5.74) is 1.69. The van der Waals surface area contributed by atoms with Gasteiger partial charge in [-0.3, -0.25) is 9.59 Å². The molecule has 0 aliphatic rings. The molecule has 0 aliphatic heterocycles. The summed E-state index contributed by atoms with van der Waals surface area (Å²) in [6.07, 6.45) is 1.52. The van der Waals surface area contributed by atoms with Gasteiger partial charge >= 0.3 is 0 Å². The van der Waals surface area contributed by atoms with E-state index < -0.39 is 11.8 Å². The molecule has 0 unspecified atom stereocenters. The van der Waals surface area contributed by atoms with Gasteiger partial charge in [0.05, 0.1) is 17.3 Å². The van der Waals surface area contributed by atoms with E-state index in [1.165, 1.54) is 6.20 Å². The van der Waals surface area contributed by atoms with Crippen LogP contribution < -0.4 is 15.4 Å². The molecule has 0 saturated heterocycles. The average molecular weight is 475 g/mol. The number of benzene rings is 2. The van der Waals surface area contributed by atoms with Gasteiger partial charge in [0, 0.05) is 10.7 Å². The van der Waals surface area contributed by atoms with Gasteiger partial charge in [-0.05, 0) is 61.0 Å². The molecule has 148 valence electrons. The molecule has 1 aromatic heterocycles. The lowest BCUT2D eigenvalue weighted by Gasteiger charge is -2.11. The fourth-order valence-corrected chi connectivity index (χ4v) is 2.98. The van der Waals surface area contributed by atoms with Crippen molar-refractivity contribution < 1.29 is 14.3 Å². The van der Waals surface area contributed by atoms with Gasteiger partial charge < -0.3 is 15.4 Å². The van der Waals surface area contributed by atoms with Gasteiger partial charge in [-0.15, -0.1) is 0 Å². The first-order chi connectivity index (χ1) is 13.9. The highest BCUT2D eigenvalue weighted by molar-refractivity contribution is 9.10. The Morgan fingerprint density at radius 3 is 2.62 bits per heavy atom. The molecule has 0 aliphatic carbocycles. The largest absolute Gasteiger partial charge is 0.438 e. The van der Waals surface area contributed by atoms with Crippen LogP contribution in [0.1, 0.15) is 15.9 Å². The van der Waals surface area contributed by atoms with Crippen LogP contribution in [0.5, 0.6) is 11.6 Å². The SMILES string of the molecule is Cc1ccc(NC(=O)CNC(=O)c2cccnc2Oc2ccc(Br)cc2)c(Cl)c1. The number of hydrogen-bond donors (Lipinski definition) is 2. The van der Waals surface area contributed by atoms with E-state index in [0.29, 0.717) is 16.5 Å². The quantitative estimate of drug-likeness (QED) is 0.529. The number of carbonyl (C=O) groups excluding carboxylic acids is 2. The molecule has 0 spiro atoms. The van der Waals surface area contributed by atoms with Crippen LogP contribution in [0.15, 0.2) is 65.3 Å². The molecule has 0 fully saturated rings. The van der Waals surface area contributed by atoms with E-state index in [9.17, 15) is 9.59 Å². The third kappa shape index (κ3) is 5.79. The zero-order chi connectivity index (χ0) is 20.8. The van der Waals surface area contributed by atoms with Gasteiger partial charge in [-0.2, -0.15) is 0 Å². The van der Waals surface area contributed by atoms with Crippen LogP contribution in [0, 0.1) is 6.92 Å². The molecule has 8 heteroatoms. The van der Waals surface area contributed by atoms with E-state index in [4.69, 9.17) is 16.3 Å². The molecule has 0 bridgehead atoms. The van der Waals surface area contributed by atoms with E-state index in [2.05, 4.69) is 31.5 Å². The lowest BCUT2D eigenvalue weighted by atomic mass is 10.2. The van der Waals surface area contributed by atoms with Crippen molar-refractivity contribution in [1.82, 2.24) is 10.3 Å². The van der Waals surface area contributed by atoms with Crippen LogP contribution in [0.4, 0.5) is 5.69 Å². The van der Waals surface area contributed by atoms with Crippen molar-refractivity contribution in [3.63, 3.8) is 0 Å². The number of rotatable bonds is 6. The van der Waals surface area contributed by atoms with Gasteiger partial charge in [0.25, 0.3) is 5.91 Å². The Bertz CT molecular complexity index is 1040. The van der Waals surface area contributed by atoms with Gasteiger partial charge in [0.2, 0.25) is 11.8 Å². The van der Waals surface area contributed by atoms with Gasteiger partial charge in [-0.1, -0.05) is 33.6 Å². The molecule has 2 aromatic carbocycles. The molecule has 1 heterocycles. The Balaban J connectivity index is 1.63. The van der Waals surface area contributed by atoms with Crippen molar-refractivity contribution in [3.05, 3.63) is 81.4 Å². The highest BCUT2D eigenvalue weighted by Crippen LogP contribution is 2.25. The summed E-state index contributed by atoms with van der Waals surface area (Å²) in [5, 5.41) is 5.66. The number of aryl methyl sites for hydroxylation is 1. The summed E-state index contributed by atoms with van der Waals surface area (Å²) >= 11 is 9.46. The lowest BCUT2D eigenvalue weighted by molar-refractivity contribution is -0.115. The van der Waals surface area contributed by atoms with Crippen molar-refractivity contribution in [2.24, 2.45) is 0 Å². The first-order valence-electron chi connectivity index (χ1n) is 8.65. The first-order valence-corrected chi connectivity index (χ1v) is 9.82. The normalized spacial score (nSPS) is 10.3. The molecule has 6 nitrogen and oxygen atoms in total. The molecule has 3 rings (SSSR count). The molecule has 29 heavy (non-hydrogen) atoms. The van der Waals surface area contributed by atoms with Crippen LogP contribution in [-0.2, 0) is 4.79 Å². The Morgan fingerprint density at radius 1 is 1.14 bits per heavy atom. The third-order valence-electron chi connectivity index (χ3n) is 3.85. The molecule has 0 saturated carbocycles. The predicted molar refractivity (Wildman–Crippen MR) is 116 cm³/mol. The summed E-state index contributed by atoms with van der Waals surface area (Å²) in [7, 11) is 0. The number of nitrogens with zero attached hydrogens (tertiary/aromatic N) is 1. The summed E-state index contributed by atoms with van der Waals surface area (Å²) in [4.78, 5) is 28.8. The number of ether oxygens (including phenoxy) is 1. The topological polar surface area (TPSA) is 80.3 Å². The van der Waals surface area contributed by atoms with E-state index in [0.717, 1.165) is 10.0 Å². The van der Waals surface area contributed by atoms with Crippen molar-refractivity contribution in [2.75, 3.05) is 11.9 Å². The number of hydrogen-bond acceptors (Lipinski definition) is 4. The summed E-state index contributed by atoms with van der Waals surface area (Å²) < 4.78 is 6.61. The van der Waals surface area contributed by atoms with Crippen LogP contribution >= 0.6 is 27.5 Å². The minimum atomic E-state index is -0.477. The summed E-state index contributed by atoms with van der Waals surface area (Å²) in [6, 6.07) is 15.6. The number of nitrogens with one attached hydrogen (secondary N) is 2. The van der Waals surface area contributed by atoms with Crippen LogP contribution in [-0.4, -0.2) is 23.3 Å². The van der Waals surface area contributed by atoms with Crippen LogP contribution in [0.25, 0.3) is 0 Å². The lowest BCUT2D eigenvalue weighted by Crippen LogP contribution is -2.33. The fraction of sp³-hybridized carbons (Fsp3) is 0.0952. The maximum atomic E-state index is 12.5. The Morgan fingerprint density at radius 2 is 1.90 bits per heavy atom. The Labute approximate surface area is 181 Å². The fourth-order valence-electron chi connectivity index (χ4n) is 2.43. The first kappa shape index (κ1) is 20.8. The van der Waals surface area contributed by atoms with E-state index in [1.807, 2.05) is 25.1 Å². The number of carbonyl (C=O) groups is 2. The number of aromatic nitrogens is 1. The average Bonchev–Trinajstić information content (AvgIpc) is 2.70. The molecule has 0 radical (unpaired) electrons. The second-order valence-electron chi connectivity index (χ2n) is 6.13. The van der Waals surface area contributed by atoms with Crippen molar-refractivity contribution in [3.8, 4) is 11.6 Å². The minimum Gasteiger partial charge on any atom is -0.438 e. The molecule has 2 N–H and O–H groups in total. The Kier molecular flexibility index (Phi) is 6.85. The van der Waals surface area contributed by atoms with Gasteiger partial charge in [-0.25, -0.2) is 4.98 Å². The molecular formula is C21H17BrClN3O3. The second kappa shape index (κ2) is 9.54. The Hall–Kier alpha value is -2.90. The number of halogens is 2. The molecule has 0 atom stereocenters. The van der Waals surface area contributed by atoms with Crippen LogP contribution in [0.3, 0.4) is 0 Å². The second-order valence-corrected chi connectivity index (χ2v) is 7.45. The summed E-state index contributed by atoms with van der Waals surface area (Å²) in [5.74, 6) is -0.194.